The zero-order valence-corrected chi connectivity index (χ0v) is 11.0. The number of hydrogen-bond acceptors (Lipinski definition) is 2. The van der Waals surface area contributed by atoms with E-state index in [4.69, 9.17) is 5.11 Å². The van der Waals surface area contributed by atoms with Gasteiger partial charge in [-0.2, -0.15) is 0 Å². The van der Waals surface area contributed by atoms with E-state index in [1.807, 2.05) is 0 Å². The smallest absolute Gasteiger partial charge is 0.306 e. The van der Waals surface area contributed by atoms with Crippen LogP contribution in [0, 0.1) is 40.9 Å². The van der Waals surface area contributed by atoms with E-state index in [9.17, 15) is 26.7 Å². The van der Waals surface area contributed by atoms with E-state index in [0.717, 1.165) is 0 Å². The van der Waals surface area contributed by atoms with Gasteiger partial charge in [0, 0.05) is 25.2 Å². The third-order valence-electron chi connectivity index (χ3n) is 3.76. The van der Waals surface area contributed by atoms with E-state index in [2.05, 4.69) is 0 Å². The first-order valence-corrected chi connectivity index (χ1v) is 6.19. The van der Waals surface area contributed by atoms with E-state index in [0.29, 0.717) is 0 Å². The molecule has 1 aromatic rings. The van der Waals surface area contributed by atoms with Crippen LogP contribution < -0.4 is 0 Å². The number of halogens is 5. The first kappa shape index (κ1) is 15.7. The maximum Gasteiger partial charge on any atom is 0.306 e. The third-order valence-corrected chi connectivity index (χ3v) is 3.76. The molecule has 0 saturated carbocycles. The maximum atomic E-state index is 13.5. The summed E-state index contributed by atoms with van der Waals surface area (Å²) in [6.45, 7) is 1.51. The van der Waals surface area contributed by atoms with Gasteiger partial charge in [-0.15, -0.1) is 0 Å². The lowest BCUT2D eigenvalue weighted by Crippen LogP contribution is -2.50. The molecule has 1 fully saturated rings. The van der Waals surface area contributed by atoms with Gasteiger partial charge in [-0.1, -0.05) is 6.92 Å². The number of carbonyl (C=O) groups is 1. The van der Waals surface area contributed by atoms with Gasteiger partial charge in [-0.25, -0.2) is 22.0 Å². The van der Waals surface area contributed by atoms with Crippen molar-refractivity contribution in [2.75, 3.05) is 13.1 Å². The van der Waals surface area contributed by atoms with Crippen molar-refractivity contribution >= 4 is 5.97 Å². The molecule has 1 atom stereocenters. The number of aliphatic carboxylic acids is 1. The van der Waals surface area contributed by atoms with Crippen molar-refractivity contribution < 1.29 is 31.9 Å². The van der Waals surface area contributed by atoms with Crippen LogP contribution in [0.1, 0.15) is 12.5 Å². The Hall–Kier alpha value is -1.70. The van der Waals surface area contributed by atoms with Crippen molar-refractivity contribution in [3.63, 3.8) is 0 Å². The van der Waals surface area contributed by atoms with Crippen LogP contribution in [0.5, 0.6) is 0 Å². The minimum Gasteiger partial charge on any atom is -0.481 e. The van der Waals surface area contributed by atoms with Gasteiger partial charge in [0.05, 0.1) is 5.92 Å². The highest BCUT2D eigenvalue weighted by Crippen LogP contribution is 2.29. The molecule has 0 bridgehead atoms. The van der Waals surface area contributed by atoms with Gasteiger partial charge >= 0.3 is 5.97 Å². The van der Waals surface area contributed by atoms with Crippen LogP contribution in [-0.2, 0) is 11.3 Å². The largest absolute Gasteiger partial charge is 0.481 e. The van der Waals surface area contributed by atoms with Crippen LogP contribution >= 0.6 is 0 Å². The standard InChI is InChI=1S/C13H12F5NO2/c1-5(13(20)21)6-2-19(3-6)4-7-8(14)10(16)12(18)11(17)9(7)15/h5-6H,2-4H2,1H3,(H,20,21). The first-order valence-electron chi connectivity index (χ1n) is 6.19. The molecule has 0 spiro atoms. The Bertz CT molecular complexity index is 557. The fourth-order valence-electron chi connectivity index (χ4n) is 2.27. The number of carboxylic acids is 1. The van der Waals surface area contributed by atoms with Crippen molar-refractivity contribution in [2.24, 2.45) is 11.8 Å². The van der Waals surface area contributed by atoms with Gasteiger partial charge in [0.15, 0.2) is 23.3 Å². The second-order valence-electron chi connectivity index (χ2n) is 5.13. The summed E-state index contributed by atoms with van der Waals surface area (Å²) < 4.78 is 65.9. The summed E-state index contributed by atoms with van der Waals surface area (Å²) in [4.78, 5) is 12.2. The van der Waals surface area contributed by atoms with Gasteiger partial charge in [-0.3, -0.25) is 9.69 Å². The lowest BCUT2D eigenvalue weighted by atomic mass is 9.87. The number of rotatable bonds is 4. The zero-order chi connectivity index (χ0) is 15.9. The lowest BCUT2D eigenvalue weighted by Gasteiger charge is -2.41. The van der Waals surface area contributed by atoms with Crippen LogP contribution in [0.4, 0.5) is 22.0 Å². The Kier molecular flexibility index (Phi) is 4.18. The van der Waals surface area contributed by atoms with Gasteiger partial charge < -0.3 is 5.11 Å². The Morgan fingerprint density at radius 2 is 1.52 bits per heavy atom. The van der Waals surface area contributed by atoms with Gasteiger partial charge in [0.1, 0.15) is 0 Å². The summed E-state index contributed by atoms with van der Waals surface area (Å²) in [5, 5.41) is 8.81. The summed E-state index contributed by atoms with van der Waals surface area (Å²) in [6, 6.07) is 0. The van der Waals surface area contributed by atoms with Crippen molar-refractivity contribution in [1.29, 1.82) is 0 Å². The second kappa shape index (κ2) is 5.59. The van der Waals surface area contributed by atoms with Crippen molar-refractivity contribution in [3.8, 4) is 0 Å². The topological polar surface area (TPSA) is 40.5 Å². The maximum absolute atomic E-state index is 13.5. The molecule has 0 amide bonds. The quantitative estimate of drug-likeness (QED) is 0.528. The minimum absolute atomic E-state index is 0.205. The lowest BCUT2D eigenvalue weighted by molar-refractivity contribution is -0.145. The highest BCUT2D eigenvalue weighted by Gasteiger charge is 2.36. The fraction of sp³-hybridized carbons (Fsp3) is 0.462. The average Bonchev–Trinajstić information content (AvgIpc) is 2.40. The van der Waals surface area contributed by atoms with Crippen LogP contribution in [-0.4, -0.2) is 29.1 Å². The molecular weight excluding hydrogens is 297 g/mol. The predicted octanol–water partition coefficient (Wildman–Crippen LogP) is 2.53. The molecule has 3 nitrogen and oxygen atoms in total. The third kappa shape index (κ3) is 2.72. The minimum atomic E-state index is -2.19. The number of likely N-dealkylation sites (tertiary alicyclic amines) is 1. The molecule has 21 heavy (non-hydrogen) atoms. The molecule has 0 aliphatic carbocycles. The van der Waals surface area contributed by atoms with Gasteiger partial charge in [0.2, 0.25) is 5.82 Å². The van der Waals surface area contributed by atoms with Crippen LogP contribution in [0.2, 0.25) is 0 Å². The van der Waals surface area contributed by atoms with E-state index in [-0.39, 0.29) is 19.0 Å². The predicted molar refractivity (Wildman–Crippen MR) is 61.8 cm³/mol. The molecule has 1 aliphatic rings. The molecule has 116 valence electrons. The molecule has 1 aromatic carbocycles. The number of nitrogens with zero attached hydrogens (tertiary/aromatic N) is 1. The van der Waals surface area contributed by atoms with Gasteiger partial charge in [0.25, 0.3) is 0 Å². The van der Waals surface area contributed by atoms with Crippen LogP contribution in [0.25, 0.3) is 0 Å². The summed E-state index contributed by atoms with van der Waals surface area (Å²) >= 11 is 0. The fourth-order valence-corrected chi connectivity index (χ4v) is 2.27. The molecule has 0 radical (unpaired) electrons. The molecule has 0 aromatic heterocycles. The summed E-state index contributed by atoms with van der Waals surface area (Å²) in [7, 11) is 0. The highest BCUT2D eigenvalue weighted by atomic mass is 19.2. The Labute approximate surface area is 117 Å². The van der Waals surface area contributed by atoms with E-state index in [1.54, 1.807) is 0 Å². The number of benzene rings is 1. The molecular formula is C13H12F5NO2. The molecule has 1 aliphatic heterocycles. The summed E-state index contributed by atoms with van der Waals surface area (Å²) in [5.41, 5.74) is -0.896. The molecule has 1 N–H and O–H groups in total. The zero-order valence-electron chi connectivity index (χ0n) is 11.0. The van der Waals surface area contributed by atoms with Crippen LogP contribution in [0.3, 0.4) is 0 Å². The van der Waals surface area contributed by atoms with Crippen molar-refractivity contribution in [2.45, 2.75) is 13.5 Å². The summed E-state index contributed by atoms with van der Waals surface area (Å²) in [6.07, 6.45) is 0. The van der Waals surface area contributed by atoms with E-state index in [1.165, 1.54) is 11.8 Å². The monoisotopic (exact) mass is 309 g/mol. The normalized spacial score (nSPS) is 17.6. The Morgan fingerprint density at radius 3 is 1.95 bits per heavy atom. The average molecular weight is 309 g/mol. The van der Waals surface area contributed by atoms with Gasteiger partial charge in [-0.05, 0) is 5.92 Å². The van der Waals surface area contributed by atoms with Crippen LogP contribution in [0.15, 0.2) is 0 Å². The first-order chi connectivity index (χ1) is 9.73. The van der Waals surface area contributed by atoms with E-state index < -0.39 is 53.1 Å². The highest BCUT2D eigenvalue weighted by molar-refractivity contribution is 5.70. The Morgan fingerprint density at radius 1 is 1.10 bits per heavy atom. The molecule has 1 heterocycles. The van der Waals surface area contributed by atoms with E-state index >= 15 is 0 Å². The number of carboxylic acid groups (broad SMARTS) is 1. The van der Waals surface area contributed by atoms with Crippen molar-refractivity contribution in [1.82, 2.24) is 4.90 Å². The Balaban J connectivity index is 2.11. The molecule has 2 rings (SSSR count). The molecule has 1 saturated heterocycles. The van der Waals surface area contributed by atoms with Crippen molar-refractivity contribution in [3.05, 3.63) is 34.6 Å². The molecule has 8 heteroatoms. The SMILES string of the molecule is CC(C(=O)O)C1CN(Cc2c(F)c(F)c(F)c(F)c2F)C1. The molecule has 1 unspecified atom stereocenters. The number of hydrogen-bond donors (Lipinski definition) is 1. The second-order valence-corrected chi connectivity index (χ2v) is 5.13. The summed E-state index contributed by atoms with van der Waals surface area (Å²) in [5.74, 6) is -11.6.